The van der Waals surface area contributed by atoms with Crippen LogP contribution in [0.2, 0.25) is 25.7 Å². The van der Waals surface area contributed by atoms with Crippen molar-refractivity contribution in [3.8, 4) is 0 Å². The first kappa shape index (κ1) is 26.6. The van der Waals surface area contributed by atoms with Crippen molar-refractivity contribution in [2.45, 2.75) is 50.8 Å². The van der Waals surface area contributed by atoms with Crippen LogP contribution in [0, 0.1) is 0 Å². The predicted molar refractivity (Wildman–Crippen MR) is 138 cm³/mol. The van der Waals surface area contributed by atoms with Crippen molar-refractivity contribution in [1.82, 2.24) is 18.9 Å². The highest BCUT2D eigenvalue weighted by Gasteiger charge is 2.49. The van der Waals surface area contributed by atoms with Crippen LogP contribution in [0.15, 0.2) is 23.0 Å². The van der Waals surface area contributed by atoms with E-state index in [1.54, 1.807) is 21.1 Å². The maximum absolute atomic E-state index is 14.8. The number of nitrogens with zero attached hydrogens (tertiary/aromatic N) is 5. The molecule has 3 heterocycles. The van der Waals surface area contributed by atoms with E-state index in [2.05, 4.69) is 24.5 Å². The molecule has 0 aliphatic carbocycles. The highest BCUT2D eigenvalue weighted by molar-refractivity contribution is 6.76. The van der Waals surface area contributed by atoms with Crippen LogP contribution in [0.1, 0.15) is 6.42 Å². The Morgan fingerprint density at radius 1 is 1.17 bits per heavy atom. The third kappa shape index (κ3) is 5.45. The van der Waals surface area contributed by atoms with Gasteiger partial charge in [0, 0.05) is 54.5 Å². The van der Waals surface area contributed by atoms with E-state index in [0.717, 1.165) is 27.7 Å². The summed E-state index contributed by atoms with van der Waals surface area (Å²) in [7, 11) is 0.521. The van der Waals surface area contributed by atoms with Crippen LogP contribution < -0.4 is 10.6 Å². The summed E-state index contributed by atoms with van der Waals surface area (Å²) in [6, 6.07) is 5.85. The summed E-state index contributed by atoms with van der Waals surface area (Å²) in [6.07, 6.45) is -1.19. The van der Waals surface area contributed by atoms with Crippen molar-refractivity contribution in [3.05, 3.63) is 28.7 Å². The fourth-order valence-corrected chi connectivity index (χ4v) is 5.95. The summed E-state index contributed by atoms with van der Waals surface area (Å²) < 4.78 is 38.7. The Balaban J connectivity index is 1.47. The number of carbonyl (C=O) groups is 1. The average molecular weight is 526 g/mol. The average Bonchev–Trinajstić information content (AvgIpc) is 3.05. The largest absolute Gasteiger partial charge is 0.465 e. The number of anilines is 1. The molecular formula is C24H37F2N5O4Si. The van der Waals surface area contributed by atoms with E-state index < -0.39 is 32.7 Å². The van der Waals surface area contributed by atoms with Crippen molar-refractivity contribution in [2.75, 3.05) is 50.8 Å². The molecule has 1 aromatic heterocycles. The van der Waals surface area contributed by atoms with Gasteiger partial charge in [0.25, 0.3) is 5.92 Å². The number of hydrogen-bond acceptors (Lipinski definition) is 5. The number of amides is 1. The first-order valence-electron chi connectivity index (χ1n) is 12.5. The lowest BCUT2D eigenvalue weighted by atomic mass is 9.98. The molecule has 4 rings (SSSR count). The number of aryl methyl sites for hydroxylation is 1. The number of ether oxygens (including phenoxy) is 1. The number of piperidine rings is 1. The predicted octanol–water partition coefficient (Wildman–Crippen LogP) is 3.16. The molecule has 2 aromatic rings. The lowest BCUT2D eigenvalue weighted by Crippen LogP contribution is -2.62. The number of imidazole rings is 1. The molecule has 200 valence electrons. The molecule has 1 atom stereocenters. The normalized spacial score (nSPS) is 21.3. The number of piperazine rings is 1. The molecule has 1 N–H and O–H groups in total. The number of fused-ring (bicyclic) bond motifs is 1. The molecule has 0 radical (unpaired) electrons. The Kier molecular flexibility index (Phi) is 7.49. The van der Waals surface area contributed by atoms with Gasteiger partial charge in [0.1, 0.15) is 6.73 Å². The lowest BCUT2D eigenvalue weighted by Gasteiger charge is -2.46. The molecule has 2 aliphatic heterocycles. The number of carboxylic acid groups (broad SMARTS) is 1. The molecule has 2 saturated heterocycles. The number of para-hydroxylation sites is 1. The summed E-state index contributed by atoms with van der Waals surface area (Å²) in [5.74, 6) is -3.09. The molecule has 2 fully saturated rings. The topological polar surface area (TPSA) is 83.2 Å². The van der Waals surface area contributed by atoms with E-state index in [1.807, 2.05) is 18.2 Å². The number of alkyl halides is 2. The van der Waals surface area contributed by atoms with E-state index in [1.165, 1.54) is 0 Å². The summed E-state index contributed by atoms with van der Waals surface area (Å²) in [6.45, 7) is 8.99. The second-order valence-corrected chi connectivity index (χ2v) is 16.7. The van der Waals surface area contributed by atoms with Crippen molar-refractivity contribution in [2.24, 2.45) is 7.05 Å². The molecule has 1 amide bonds. The van der Waals surface area contributed by atoms with Gasteiger partial charge in [0.15, 0.2) is 0 Å². The van der Waals surface area contributed by atoms with Gasteiger partial charge in [-0.05, 0) is 24.6 Å². The quantitative estimate of drug-likeness (QED) is 0.442. The third-order valence-electron chi connectivity index (χ3n) is 7.28. The second-order valence-electron chi connectivity index (χ2n) is 11.1. The van der Waals surface area contributed by atoms with Crippen molar-refractivity contribution in [1.29, 1.82) is 0 Å². The molecule has 36 heavy (non-hydrogen) atoms. The standard InChI is InChI=1S/C24H37F2N5O4Si/c1-27-21-18(6-5-7-19(21)31(22(27)32)17-35-14-15-36(2,3)4)28-10-12-29(13-11-28)20-8-9-30(23(33)34)16-24(20,25)26/h5-7,20H,8-17H2,1-4H3,(H,33,34)/t20-/m1/s1. The van der Waals surface area contributed by atoms with Gasteiger partial charge in [-0.15, -0.1) is 0 Å². The summed E-state index contributed by atoms with van der Waals surface area (Å²) in [5, 5.41) is 9.09. The van der Waals surface area contributed by atoms with Crippen LogP contribution in [-0.4, -0.2) is 96.0 Å². The van der Waals surface area contributed by atoms with Crippen LogP contribution >= 0.6 is 0 Å². The maximum atomic E-state index is 14.8. The molecule has 0 saturated carbocycles. The highest BCUT2D eigenvalue weighted by atomic mass is 28.3. The van der Waals surface area contributed by atoms with E-state index in [-0.39, 0.29) is 25.4 Å². The Morgan fingerprint density at radius 3 is 2.47 bits per heavy atom. The van der Waals surface area contributed by atoms with Gasteiger partial charge >= 0.3 is 11.8 Å². The molecular weight excluding hydrogens is 488 g/mol. The zero-order valence-corrected chi connectivity index (χ0v) is 22.5. The SMILES string of the molecule is Cn1c(=O)n(COCC[Si](C)(C)C)c2cccc(N3CCN([C@@H]4CCN(C(=O)O)CC4(F)F)CC3)c21. The van der Waals surface area contributed by atoms with E-state index in [0.29, 0.717) is 32.8 Å². The van der Waals surface area contributed by atoms with Crippen molar-refractivity contribution >= 4 is 30.9 Å². The Bertz CT molecular complexity index is 1150. The van der Waals surface area contributed by atoms with Gasteiger partial charge in [0.05, 0.1) is 29.3 Å². The minimum atomic E-state index is -3.09. The fraction of sp³-hybridized carbons (Fsp3) is 0.667. The molecule has 12 heteroatoms. The first-order valence-corrected chi connectivity index (χ1v) is 16.2. The number of rotatable bonds is 7. The molecule has 9 nitrogen and oxygen atoms in total. The molecule has 1 aromatic carbocycles. The monoisotopic (exact) mass is 525 g/mol. The van der Waals surface area contributed by atoms with Gasteiger partial charge in [-0.25, -0.2) is 18.4 Å². The minimum Gasteiger partial charge on any atom is -0.465 e. The number of hydrogen-bond donors (Lipinski definition) is 1. The number of benzene rings is 1. The Labute approximate surface area is 210 Å². The summed E-state index contributed by atoms with van der Waals surface area (Å²) in [4.78, 5) is 28.9. The van der Waals surface area contributed by atoms with Crippen LogP contribution in [-0.2, 0) is 18.5 Å². The van der Waals surface area contributed by atoms with Gasteiger partial charge in [-0.2, -0.15) is 0 Å². The van der Waals surface area contributed by atoms with Crippen LogP contribution in [0.5, 0.6) is 0 Å². The second kappa shape index (κ2) is 10.1. The van der Waals surface area contributed by atoms with E-state index in [9.17, 15) is 18.4 Å². The smallest absolute Gasteiger partial charge is 0.407 e. The van der Waals surface area contributed by atoms with Crippen molar-refractivity contribution in [3.63, 3.8) is 0 Å². The molecule has 0 unspecified atom stereocenters. The van der Waals surface area contributed by atoms with Crippen LogP contribution in [0.25, 0.3) is 11.0 Å². The van der Waals surface area contributed by atoms with Crippen LogP contribution in [0.3, 0.4) is 0 Å². The maximum Gasteiger partial charge on any atom is 0.407 e. The number of halogens is 2. The Morgan fingerprint density at radius 2 is 1.86 bits per heavy atom. The zero-order chi connectivity index (χ0) is 26.3. The number of aromatic nitrogens is 2. The Hall–Kier alpha value is -2.44. The van der Waals surface area contributed by atoms with Gasteiger partial charge in [-0.3, -0.25) is 14.0 Å². The minimum absolute atomic E-state index is 0.115. The molecule has 2 aliphatic rings. The number of likely N-dealkylation sites (tertiary alicyclic amines) is 1. The first-order chi connectivity index (χ1) is 16.9. The zero-order valence-electron chi connectivity index (χ0n) is 21.5. The van der Waals surface area contributed by atoms with E-state index >= 15 is 0 Å². The van der Waals surface area contributed by atoms with Gasteiger partial charge in [0.2, 0.25) is 0 Å². The fourth-order valence-electron chi connectivity index (χ4n) is 5.19. The van der Waals surface area contributed by atoms with Crippen molar-refractivity contribution < 1.29 is 23.4 Å². The van der Waals surface area contributed by atoms with Gasteiger partial charge in [-0.1, -0.05) is 25.7 Å². The third-order valence-corrected chi connectivity index (χ3v) is 8.99. The molecule has 0 spiro atoms. The van der Waals surface area contributed by atoms with Crippen LogP contribution in [0.4, 0.5) is 19.3 Å². The highest BCUT2D eigenvalue weighted by Crippen LogP contribution is 2.33. The van der Waals surface area contributed by atoms with E-state index in [4.69, 9.17) is 9.84 Å². The van der Waals surface area contributed by atoms with Gasteiger partial charge < -0.3 is 19.6 Å². The summed E-state index contributed by atoms with van der Waals surface area (Å²) >= 11 is 0. The molecule has 0 bridgehead atoms. The lowest BCUT2D eigenvalue weighted by molar-refractivity contribution is -0.122. The summed E-state index contributed by atoms with van der Waals surface area (Å²) in [5.41, 5.74) is 2.36.